The number of carboxylic acid groups (broad SMARTS) is 1. The van der Waals surface area contributed by atoms with Gasteiger partial charge in [0.15, 0.2) is 0 Å². The van der Waals surface area contributed by atoms with Gasteiger partial charge >= 0.3 is 5.97 Å². The van der Waals surface area contributed by atoms with Crippen LogP contribution in [0, 0.1) is 16.7 Å². The Balaban J connectivity index is 2.00. The standard InChI is InChI=1S/C11H11N3O2/c12-6-9-5-8(1-4-13-9)14-7-11(2-3-11)10(15)16/h1,4-5H,2-3,7H2,(H,13,14)(H,15,16). The van der Waals surface area contributed by atoms with Crippen molar-refractivity contribution in [1.29, 1.82) is 5.26 Å². The Morgan fingerprint density at radius 3 is 3.00 bits per heavy atom. The van der Waals surface area contributed by atoms with E-state index in [1.54, 1.807) is 12.1 Å². The normalized spacial score (nSPS) is 16.2. The monoisotopic (exact) mass is 217 g/mol. The molecule has 2 rings (SSSR count). The summed E-state index contributed by atoms with van der Waals surface area (Å²) < 4.78 is 0. The summed E-state index contributed by atoms with van der Waals surface area (Å²) in [5.41, 5.74) is 0.458. The van der Waals surface area contributed by atoms with Gasteiger partial charge in [0.2, 0.25) is 0 Å². The lowest BCUT2D eigenvalue weighted by Gasteiger charge is -2.11. The zero-order valence-corrected chi connectivity index (χ0v) is 8.60. The number of pyridine rings is 1. The molecule has 1 aliphatic rings. The highest BCUT2D eigenvalue weighted by molar-refractivity contribution is 5.78. The summed E-state index contributed by atoms with van der Waals surface area (Å²) in [5, 5.41) is 20.7. The van der Waals surface area contributed by atoms with Gasteiger partial charge in [-0.05, 0) is 25.0 Å². The maximum atomic E-state index is 10.9. The van der Waals surface area contributed by atoms with Crippen LogP contribution < -0.4 is 5.32 Å². The predicted molar refractivity (Wildman–Crippen MR) is 56.7 cm³/mol. The van der Waals surface area contributed by atoms with Crippen LogP contribution in [0.25, 0.3) is 0 Å². The smallest absolute Gasteiger partial charge is 0.311 e. The molecule has 1 saturated carbocycles. The van der Waals surface area contributed by atoms with Gasteiger partial charge in [-0.2, -0.15) is 5.26 Å². The molecule has 0 atom stereocenters. The fourth-order valence-corrected chi connectivity index (χ4v) is 1.49. The number of aromatic nitrogens is 1. The van der Waals surface area contributed by atoms with Crippen LogP contribution in [0.1, 0.15) is 18.5 Å². The third-order valence-electron chi connectivity index (χ3n) is 2.81. The SMILES string of the molecule is N#Cc1cc(NCC2(C(=O)O)CC2)ccn1. The molecular formula is C11H11N3O2. The second kappa shape index (κ2) is 3.81. The van der Waals surface area contributed by atoms with Crippen molar-refractivity contribution in [1.82, 2.24) is 4.98 Å². The number of nitriles is 1. The van der Waals surface area contributed by atoms with E-state index in [4.69, 9.17) is 10.4 Å². The highest BCUT2D eigenvalue weighted by Crippen LogP contribution is 2.45. The van der Waals surface area contributed by atoms with Crippen LogP contribution in [0.15, 0.2) is 18.3 Å². The average molecular weight is 217 g/mol. The van der Waals surface area contributed by atoms with Crippen molar-refractivity contribution in [3.8, 4) is 6.07 Å². The summed E-state index contributed by atoms with van der Waals surface area (Å²) in [6, 6.07) is 5.27. The molecule has 0 radical (unpaired) electrons. The van der Waals surface area contributed by atoms with Crippen LogP contribution >= 0.6 is 0 Å². The Morgan fingerprint density at radius 1 is 1.69 bits per heavy atom. The van der Waals surface area contributed by atoms with Gasteiger partial charge in [-0.25, -0.2) is 4.98 Å². The van der Waals surface area contributed by atoms with Gasteiger partial charge in [-0.1, -0.05) is 0 Å². The second-order valence-electron chi connectivity index (χ2n) is 3.98. The lowest BCUT2D eigenvalue weighted by atomic mass is 10.1. The van der Waals surface area contributed by atoms with Crippen LogP contribution in [0.4, 0.5) is 5.69 Å². The van der Waals surface area contributed by atoms with E-state index in [1.165, 1.54) is 6.20 Å². The summed E-state index contributed by atoms with van der Waals surface area (Å²) >= 11 is 0. The van der Waals surface area contributed by atoms with Gasteiger partial charge in [-0.15, -0.1) is 0 Å². The maximum Gasteiger partial charge on any atom is 0.311 e. The van der Waals surface area contributed by atoms with E-state index in [0.717, 1.165) is 5.69 Å². The molecule has 0 saturated heterocycles. The molecule has 1 aromatic rings. The molecule has 0 aliphatic heterocycles. The third-order valence-corrected chi connectivity index (χ3v) is 2.81. The molecule has 1 heterocycles. The first kappa shape index (κ1) is 10.4. The lowest BCUT2D eigenvalue weighted by Crippen LogP contribution is -2.24. The van der Waals surface area contributed by atoms with Crippen molar-refractivity contribution in [2.24, 2.45) is 5.41 Å². The topological polar surface area (TPSA) is 86.0 Å². The number of carboxylic acids is 1. The number of nitrogens with zero attached hydrogens (tertiary/aromatic N) is 2. The fourth-order valence-electron chi connectivity index (χ4n) is 1.49. The first-order valence-electron chi connectivity index (χ1n) is 5.00. The minimum absolute atomic E-state index is 0.324. The molecule has 0 spiro atoms. The summed E-state index contributed by atoms with van der Waals surface area (Å²) in [7, 11) is 0. The molecule has 1 fully saturated rings. The van der Waals surface area contributed by atoms with Crippen LogP contribution in [0.2, 0.25) is 0 Å². The van der Waals surface area contributed by atoms with Crippen LogP contribution in [0.3, 0.4) is 0 Å². The van der Waals surface area contributed by atoms with Crippen molar-refractivity contribution >= 4 is 11.7 Å². The average Bonchev–Trinajstić information content (AvgIpc) is 3.08. The Kier molecular flexibility index (Phi) is 2.49. The summed E-state index contributed by atoms with van der Waals surface area (Å²) in [6.45, 7) is 0.400. The van der Waals surface area contributed by atoms with Crippen molar-refractivity contribution in [3.05, 3.63) is 24.0 Å². The highest BCUT2D eigenvalue weighted by Gasteiger charge is 2.49. The Hall–Kier alpha value is -2.09. The molecule has 1 aliphatic carbocycles. The summed E-state index contributed by atoms with van der Waals surface area (Å²) in [4.78, 5) is 14.8. The third kappa shape index (κ3) is 1.96. The Morgan fingerprint density at radius 2 is 2.44 bits per heavy atom. The number of anilines is 1. The van der Waals surface area contributed by atoms with Crippen molar-refractivity contribution in [3.63, 3.8) is 0 Å². The van der Waals surface area contributed by atoms with E-state index >= 15 is 0 Å². The number of carbonyl (C=O) groups is 1. The molecule has 0 amide bonds. The Labute approximate surface area is 92.7 Å². The molecule has 1 aromatic heterocycles. The first-order chi connectivity index (χ1) is 7.66. The van der Waals surface area contributed by atoms with Crippen LogP contribution in [0.5, 0.6) is 0 Å². The summed E-state index contributed by atoms with van der Waals surface area (Å²) in [5.74, 6) is -0.755. The molecule has 0 unspecified atom stereocenters. The lowest BCUT2D eigenvalue weighted by molar-refractivity contribution is -0.142. The number of hydrogen-bond acceptors (Lipinski definition) is 4. The van der Waals surface area contributed by atoms with Gasteiger partial charge in [-0.3, -0.25) is 4.79 Å². The van der Waals surface area contributed by atoms with Crippen molar-refractivity contribution in [2.45, 2.75) is 12.8 Å². The maximum absolute atomic E-state index is 10.9. The number of rotatable bonds is 4. The van der Waals surface area contributed by atoms with Gasteiger partial charge < -0.3 is 10.4 Å². The molecule has 2 N–H and O–H groups in total. The van der Waals surface area contributed by atoms with Gasteiger partial charge in [0, 0.05) is 18.4 Å². The van der Waals surface area contributed by atoms with E-state index in [9.17, 15) is 4.79 Å². The van der Waals surface area contributed by atoms with Crippen molar-refractivity contribution in [2.75, 3.05) is 11.9 Å². The number of aliphatic carboxylic acids is 1. The number of nitrogens with one attached hydrogen (secondary N) is 1. The molecule has 0 aromatic carbocycles. The van der Waals surface area contributed by atoms with Crippen LogP contribution in [-0.4, -0.2) is 22.6 Å². The van der Waals surface area contributed by atoms with E-state index in [2.05, 4.69) is 10.3 Å². The van der Waals surface area contributed by atoms with E-state index in [-0.39, 0.29) is 0 Å². The number of hydrogen-bond donors (Lipinski definition) is 2. The largest absolute Gasteiger partial charge is 0.481 e. The molecular weight excluding hydrogens is 206 g/mol. The zero-order chi connectivity index (χ0) is 11.6. The van der Waals surface area contributed by atoms with Gasteiger partial charge in [0.05, 0.1) is 5.41 Å². The minimum atomic E-state index is -0.755. The molecule has 16 heavy (non-hydrogen) atoms. The fraction of sp³-hybridized carbons (Fsp3) is 0.364. The molecule has 5 heteroatoms. The minimum Gasteiger partial charge on any atom is -0.481 e. The van der Waals surface area contributed by atoms with Gasteiger partial charge in [0.25, 0.3) is 0 Å². The van der Waals surface area contributed by atoms with Crippen LogP contribution in [-0.2, 0) is 4.79 Å². The van der Waals surface area contributed by atoms with Crippen molar-refractivity contribution < 1.29 is 9.90 Å². The predicted octanol–water partition coefficient (Wildman–Crippen LogP) is 1.23. The summed E-state index contributed by atoms with van der Waals surface area (Å²) in [6.07, 6.45) is 2.96. The van der Waals surface area contributed by atoms with E-state index < -0.39 is 11.4 Å². The second-order valence-corrected chi connectivity index (χ2v) is 3.98. The van der Waals surface area contributed by atoms with E-state index in [0.29, 0.717) is 25.1 Å². The Bertz CT molecular complexity index is 461. The molecule has 5 nitrogen and oxygen atoms in total. The van der Waals surface area contributed by atoms with Gasteiger partial charge in [0.1, 0.15) is 11.8 Å². The highest BCUT2D eigenvalue weighted by atomic mass is 16.4. The molecule has 0 bridgehead atoms. The first-order valence-corrected chi connectivity index (χ1v) is 5.00. The van der Waals surface area contributed by atoms with E-state index in [1.807, 2.05) is 6.07 Å². The molecule has 82 valence electrons. The zero-order valence-electron chi connectivity index (χ0n) is 8.60. The quantitative estimate of drug-likeness (QED) is 0.792.